The van der Waals surface area contributed by atoms with E-state index < -0.39 is 41.3 Å². The van der Waals surface area contributed by atoms with E-state index in [1.165, 1.54) is 11.8 Å². The first kappa shape index (κ1) is 22.2. The van der Waals surface area contributed by atoms with Gasteiger partial charge in [0.2, 0.25) is 5.91 Å². The second-order valence-electron chi connectivity index (χ2n) is 7.19. The highest BCUT2D eigenvalue weighted by Crippen LogP contribution is 2.30. The minimum Gasteiger partial charge on any atom is -0.388 e. The Morgan fingerprint density at radius 3 is 2.62 bits per heavy atom. The molecule has 5 N–H and O–H groups in total. The van der Waals surface area contributed by atoms with Gasteiger partial charge in [-0.25, -0.2) is 0 Å². The monoisotopic (exact) mass is 410 g/mol. The SMILES string of the molecule is CC[C@H]1CCN[C@@H](C(=O)NC(C(C)Cl)C2O[C@H](SC)C(O)C(O)[C@H]2O)C1. The summed E-state index contributed by atoms with van der Waals surface area (Å²) in [6, 6.07) is -1.00. The van der Waals surface area contributed by atoms with Crippen molar-refractivity contribution in [1.82, 2.24) is 10.6 Å². The van der Waals surface area contributed by atoms with E-state index in [0.29, 0.717) is 5.92 Å². The molecule has 0 spiro atoms. The normalized spacial score (nSPS) is 40.7. The molecule has 0 aromatic carbocycles. The van der Waals surface area contributed by atoms with Crippen molar-refractivity contribution in [3.8, 4) is 0 Å². The number of amides is 1. The first-order chi connectivity index (χ1) is 12.3. The molecule has 0 bridgehead atoms. The molecule has 1 amide bonds. The Bertz CT molecular complexity index is 470. The highest BCUT2D eigenvalue weighted by atomic mass is 35.5. The zero-order valence-electron chi connectivity index (χ0n) is 15.5. The van der Waals surface area contributed by atoms with E-state index in [9.17, 15) is 20.1 Å². The van der Waals surface area contributed by atoms with Crippen LogP contribution in [0.4, 0.5) is 0 Å². The van der Waals surface area contributed by atoms with Gasteiger partial charge in [0, 0.05) is 0 Å². The quantitative estimate of drug-likeness (QED) is 0.393. The van der Waals surface area contributed by atoms with Gasteiger partial charge in [0.25, 0.3) is 0 Å². The van der Waals surface area contributed by atoms with Gasteiger partial charge in [-0.15, -0.1) is 23.4 Å². The molecule has 0 aliphatic carbocycles. The lowest BCUT2D eigenvalue weighted by Gasteiger charge is -2.44. The minimum atomic E-state index is -1.36. The van der Waals surface area contributed by atoms with E-state index >= 15 is 0 Å². The Morgan fingerprint density at radius 2 is 2.04 bits per heavy atom. The van der Waals surface area contributed by atoms with Crippen molar-refractivity contribution in [1.29, 1.82) is 0 Å². The second-order valence-corrected chi connectivity index (χ2v) is 8.82. The number of hydrogen-bond acceptors (Lipinski definition) is 7. The van der Waals surface area contributed by atoms with Crippen LogP contribution in [0.15, 0.2) is 0 Å². The molecule has 0 aromatic rings. The van der Waals surface area contributed by atoms with Crippen LogP contribution >= 0.6 is 23.4 Å². The lowest BCUT2D eigenvalue weighted by Crippen LogP contribution is -2.65. The van der Waals surface area contributed by atoms with Crippen LogP contribution in [-0.4, -0.2) is 81.3 Å². The fourth-order valence-corrected chi connectivity index (χ4v) is 4.54. The maximum Gasteiger partial charge on any atom is 0.237 e. The van der Waals surface area contributed by atoms with Crippen molar-refractivity contribution in [3.63, 3.8) is 0 Å². The van der Waals surface area contributed by atoms with Gasteiger partial charge in [0.15, 0.2) is 0 Å². The second kappa shape index (κ2) is 9.91. The number of aliphatic hydroxyl groups is 3. The van der Waals surface area contributed by atoms with Crippen molar-refractivity contribution in [3.05, 3.63) is 0 Å². The molecule has 5 unspecified atom stereocenters. The number of rotatable bonds is 6. The summed E-state index contributed by atoms with van der Waals surface area (Å²) in [6.07, 6.45) is -0.236. The molecule has 0 saturated carbocycles. The van der Waals surface area contributed by atoms with Crippen molar-refractivity contribution in [2.45, 2.75) is 80.4 Å². The van der Waals surface area contributed by atoms with Crippen LogP contribution in [0, 0.1) is 5.92 Å². The lowest BCUT2D eigenvalue weighted by molar-refractivity contribution is -0.205. The summed E-state index contributed by atoms with van der Waals surface area (Å²) < 4.78 is 5.77. The van der Waals surface area contributed by atoms with Gasteiger partial charge in [-0.2, -0.15) is 0 Å². The molecule has 9 heteroatoms. The first-order valence-corrected chi connectivity index (χ1v) is 10.9. The van der Waals surface area contributed by atoms with Crippen molar-refractivity contribution < 1.29 is 24.9 Å². The van der Waals surface area contributed by atoms with E-state index in [4.69, 9.17) is 16.3 Å². The maximum absolute atomic E-state index is 12.7. The van der Waals surface area contributed by atoms with Crippen LogP contribution in [0.5, 0.6) is 0 Å². The summed E-state index contributed by atoms with van der Waals surface area (Å²) in [7, 11) is 0. The molecule has 0 aromatic heterocycles. The number of piperidine rings is 1. The van der Waals surface area contributed by atoms with E-state index in [0.717, 1.165) is 25.8 Å². The third kappa shape index (κ3) is 5.04. The number of alkyl halides is 1. The number of nitrogens with one attached hydrogen (secondary N) is 2. The summed E-state index contributed by atoms with van der Waals surface area (Å²) in [5.41, 5.74) is -0.703. The molecular formula is C17H31ClN2O5S. The van der Waals surface area contributed by atoms with Gasteiger partial charge < -0.3 is 30.7 Å². The van der Waals surface area contributed by atoms with Gasteiger partial charge in [-0.3, -0.25) is 4.79 Å². The summed E-state index contributed by atoms with van der Waals surface area (Å²) in [5, 5.41) is 36.1. The van der Waals surface area contributed by atoms with Crippen LogP contribution in [0.1, 0.15) is 33.1 Å². The Morgan fingerprint density at radius 1 is 1.35 bits per heavy atom. The van der Waals surface area contributed by atoms with Crippen LogP contribution in [0.3, 0.4) is 0 Å². The number of carbonyl (C=O) groups is 1. The topological polar surface area (TPSA) is 111 Å². The molecule has 0 radical (unpaired) electrons. The average molecular weight is 411 g/mol. The molecular weight excluding hydrogens is 380 g/mol. The van der Waals surface area contributed by atoms with Crippen LogP contribution < -0.4 is 10.6 Å². The predicted octanol–water partition coefficient (Wildman–Crippen LogP) is 0.0473. The molecule has 9 atom stereocenters. The van der Waals surface area contributed by atoms with Gasteiger partial charge in [-0.1, -0.05) is 13.3 Å². The van der Waals surface area contributed by atoms with Gasteiger partial charge in [0.1, 0.15) is 29.9 Å². The Hall–Kier alpha value is -0.0900. The molecule has 2 rings (SSSR count). The summed E-state index contributed by atoms with van der Waals surface area (Å²) in [4.78, 5) is 12.7. The summed E-state index contributed by atoms with van der Waals surface area (Å²) in [5.74, 6) is 0.325. The van der Waals surface area contributed by atoms with Crippen molar-refractivity contribution in [2.24, 2.45) is 5.92 Å². The number of hydrogen-bond donors (Lipinski definition) is 5. The zero-order valence-corrected chi connectivity index (χ0v) is 17.0. The number of aliphatic hydroxyl groups excluding tert-OH is 3. The maximum atomic E-state index is 12.7. The van der Waals surface area contributed by atoms with E-state index in [2.05, 4.69) is 17.6 Å². The van der Waals surface area contributed by atoms with E-state index in [1.807, 2.05) is 0 Å². The largest absolute Gasteiger partial charge is 0.388 e. The molecule has 2 heterocycles. The van der Waals surface area contributed by atoms with Crippen LogP contribution in [0.25, 0.3) is 0 Å². The number of carbonyl (C=O) groups excluding carboxylic acids is 1. The fraction of sp³-hybridized carbons (Fsp3) is 0.941. The Balaban J connectivity index is 2.09. The Labute approximate surface area is 164 Å². The van der Waals surface area contributed by atoms with Gasteiger partial charge in [-0.05, 0) is 38.5 Å². The van der Waals surface area contributed by atoms with Crippen LogP contribution in [-0.2, 0) is 9.53 Å². The minimum absolute atomic E-state index is 0.183. The molecule has 26 heavy (non-hydrogen) atoms. The standard InChI is InChI=1S/C17H31ClN2O5S/c1-4-9-5-6-19-10(7-9)16(24)20-11(8(2)18)15-13(22)12(21)14(23)17(25-15)26-3/h8-15,17,19,21-23H,4-7H2,1-3H3,(H,20,24)/t8?,9-,10+,11?,12?,13+,14?,15?,17+/m0/s1. The predicted molar refractivity (Wildman–Crippen MR) is 102 cm³/mol. The highest BCUT2D eigenvalue weighted by molar-refractivity contribution is 7.99. The lowest BCUT2D eigenvalue weighted by atomic mass is 9.89. The highest BCUT2D eigenvalue weighted by Gasteiger charge is 2.48. The third-order valence-electron chi connectivity index (χ3n) is 5.40. The van der Waals surface area contributed by atoms with E-state index in [-0.39, 0.29) is 11.9 Å². The van der Waals surface area contributed by atoms with Gasteiger partial charge >= 0.3 is 0 Å². The first-order valence-electron chi connectivity index (χ1n) is 9.20. The van der Waals surface area contributed by atoms with E-state index in [1.54, 1.807) is 13.2 Å². The molecule has 2 saturated heterocycles. The molecule has 2 aliphatic rings. The molecule has 152 valence electrons. The van der Waals surface area contributed by atoms with Crippen molar-refractivity contribution >= 4 is 29.3 Å². The average Bonchev–Trinajstić information content (AvgIpc) is 2.64. The smallest absolute Gasteiger partial charge is 0.237 e. The molecule has 7 nitrogen and oxygen atoms in total. The number of ether oxygens (including phenoxy) is 1. The Kier molecular flexibility index (Phi) is 8.46. The number of halogens is 1. The zero-order chi connectivity index (χ0) is 19.4. The fourth-order valence-electron chi connectivity index (χ4n) is 3.66. The number of thioether (sulfide) groups is 1. The summed E-state index contributed by atoms with van der Waals surface area (Å²) in [6.45, 7) is 4.62. The third-order valence-corrected chi connectivity index (χ3v) is 6.53. The van der Waals surface area contributed by atoms with Crippen molar-refractivity contribution in [2.75, 3.05) is 12.8 Å². The summed E-state index contributed by atoms with van der Waals surface area (Å²) >= 11 is 7.51. The molecule has 2 fully saturated rings. The molecule has 2 aliphatic heterocycles. The van der Waals surface area contributed by atoms with Gasteiger partial charge in [0.05, 0.1) is 17.5 Å². The van der Waals surface area contributed by atoms with Crippen LogP contribution in [0.2, 0.25) is 0 Å².